The Kier molecular flexibility index (Phi) is 10.00. The van der Waals surface area contributed by atoms with Crippen LogP contribution in [0, 0.1) is 11.3 Å². The maximum absolute atomic E-state index is 13.3. The number of carbonyl (C=O) groups excluding carboxylic acids is 1. The lowest BCUT2D eigenvalue weighted by atomic mass is 9.72. The Labute approximate surface area is 292 Å². The maximum Gasteiger partial charge on any atom is 0.330 e. The standard InChI is InChI=1S/C38H43N3O9/c1-40-26-13-23-16-31(44-3)33(46-5)18-25(23)37(40)27-14-22-15-30(43-2)32(45-4)17-24(22)29(41(27)28(26)19-39)20-50-36(42)10-9-21-11-34(47-6)38(49-8)35(12-21)48-7/h9-12,15-18,26-29,37H,13-14,20H2,1-8H3/b10-9+/t26-,27?,28-,29?,37+/m0/s1. The fourth-order valence-corrected chi connectivity index (χ4v) is 7.92. The molecule has 0 N–H and O–H groups in total. The summed E-state index contributed by atoms with van der Waals surface area (Å²) in [5, 5.41) is 10.8. The van der Waals surface area contributed by atoms with E-state index in [-0.39, 0.29) is 24.7 Å². The number of carbonyl (C=O) groups is 1. The van der Waals surface area contributed by atoms with Crippen molar-refractivity contribution in [2.24, 2.45) is 0 Å². The van der Waals surface area contributed by atoms with Crippen molar-refractivity contribution < 1.29 is 42.7 Å². The molecule has 1 fully saturated rings. The van der Waals surface area contributed by atoms with Crippen LogP contribution in [0.3, 0.4) is 0 Å². The summed E-state index contributed by atoms with van der Waals surface area (Å²) in [6.45, 7) is 0.0114. The topological polar surface area (TPSA) is 121 Å². The van der Waals surface area contributed by atoms with Gasteiger partial charge in [0.1, 0.15) is 12.6 Å². The molecule has 3 aliphatic rings. The van der Waals surface area contributed by atoms with Crippen LogP contribution < -0.4 is 33.2 Å². The largest absolute Gasteiger partial charge is 0.493 e. The van der Waals surface area contributed by atoms with Crippen LogP contribution in [0.25, 0.3) is 6.08 Å². The summed E-state index contributed by atoms with van der Waals surface area (Å²) < 4.78 is 45.1. The summed E-state index contributed by atoms with van der Waals surface area (Å²) in [6.07, 6.45) is 4.28. The summed E-state index contributed by atoms with van der Waals surface area (Å²) in [6, 6.07) is 12.9. The molecule has 0 aromatic heterocycles. The molecule has 1 saturated heterocycles. The van der Waals surface area contributed by atoms with Crippen molar-refractivity contribution in [3.05, 3.63) is 70.3 Å². The number of esters is 1. The predicted octanol–water partition coefficient (Wildman–Crippen LogP) is 4.77. The molecule has 50 heavy (non-hydrogen) atoms. The minimum absolute atomic E-state index is 0.0114. The lowest BCUT2D eigenvalue weighted by Crippen LogP contribution is -2.68. The van der Waals surface area contributed by atoms with Crippen molar-refractivity contribution in [2.45, 2.75) is 43.1 Å². The second kappa shape index (κ2) is 14.4. The summed E-state index contributed by atoms with van der Waals surface area (Å²) in [7, 11) is 13.2. The molecule has 3 heterocycles. The van der Waals surface area contributed by atoms with Crippen LogP contribution in [0.1, 0.15) is 39.9 Å². The molecule has 12 nitrogen and oxygen atoms in total. The molecular weight excluding hydrogens is 642 g/mol. The van der Waals surface area contributed by atoms with Crippen molar-refractivity contribution >= 4 is 12.0 Å². The SMILES string of the molecule is COc1cc2c(cc1OC)C(COC(=O)/C=C/c1cc(OC)c(OC)c(OC)c1)N1C(C2)[C@H]2c3cc(OC)c(OC)cc3C[C@@H]([C@@H]1C#N)N2C. The summed E-state index contributed by atoms with van der Waals surface area (Å²) in [5.74, 6) is 3.34. The van der Waals surface area contributed by atoms with Gasteiger partial charge in [-0.3, -0.25) is 9.80 Å². The number of nitrogens with zero attached hydrogens (tertiary/aromatic N) is 3. The molecular formula is C38H43N3O9. The number of hydrogen-bond acceptors (Lipinski definition) is 12. The van der Waals surface area contributed by atoms with Crippen molar-refractivity contribution in [1.29, 1.82) is 5.26 Å². The van der Waals surface area contributed by atoms with Crippen molar-refractivity contribution in [3.8, 4) is 46.3 Å². The number of ether oxygens (including phenoxy) is 8. The number of hydrogen-bond donors (Lipinski definition) is 0. The van der Waals surface area contributed by atoms with Gasteiger partial charge in [-0.15, -0.1) is 0 Å². The van der Waals surface area contributed by atoms with E-state index in [4.69, 9.17) is 37.9 Å². The maximum atomic E-state index is 13.3. The van der Waals surface area contributed by atoms with Gasteiger partial charge < -0.3 is 37.9 Å². The molecule has 3 aromatic carbocycles. The van der Waals surface area contributed by atoms with E-state index in [2.05, 4.69) is 29.0 Å². The van der Waals surface area contributed by atoms with Crippen LogP contribution in [0.2, 0.25) is 0 Å². The highest BCUT2D eigenvalue weighted by Gasteiger charge is 2.54. The number of methoxy groups -OCH3 is 7. The molecule has 3 aromatic rings. The zero-order valence-corrected chi connectivity index (χ0v) is 29.6. The number of fused-ring (bicyclic) bond motifs is 7. The molecule has 0 radical (unpaired) electrons. The normalized spacial score (nSPS) is 22.3. The Bertz CT molecular complexity index is 1810. The average molecular weight is 686 g/mol. The smallest absolute Gasteiger partial charge is 0.330 e. The summed E-state index contributed by atoms with van der Waals surface area (Å²) >= 11 is 0. The molecule has 2 unspecified atom stereocenters. The van der Waals surface area contributed by atoms with E-state index in [1.807, 2.05) is 18.2 Å². The second-order valence-corrected chi connectivity index (χ2v) is 12.4. The first kappa shape index (κ1) is 34.7. The van der Waals surface area contributed by atoms with E-state index in [0.717, 1.165) is 22.3 Å². The monoisotopic (exact) mass is 685 g/mol. The fourth-order valence-electron chi connectivity index (χ4n) is 7.92. The van der Waals surface area contributed by atoms with Crippen LogP contribution in [0.5, 0.6) is 40.2 Å². The zero-order valence-electron chi connectivity index (χ0n) is 29.6. The minimum atomic E-state index is -0.534. The number of benzene rings is 3. The van der Waals surface area contributed by atoms with Crippen LogP contribution in [-0.2, 0) is 22.4 Å². The first-order chi connectivity index (χ1) is 24.2. The quantitative estimate of drug-likeness (QED) is 0.204. The van der Waals surface area contributed by atoms with Crippen molar-refractivity contribution in [3.63, 3.8) is 0 Å². The Morgan fingerprint density at radius 3 is 1.80 bits per heavy atom. The van der Waals surface area contributed by atoms with E-state index in [1.165, 1.54) is 27.4 Å². The van der Waals surface area contributed by atoms with Crippen molar-refractivity contribution in [2.75, 3.05) is 63.4 Å². The van der Waals surface area contributed by atoms with Gasteiger partial charge in [-0.25, -0.2) is 4.79 Å². The van der Waals surface area contributed by atoms with Gasteiger partial charge in [0.2, 0.25) is 5.75 Å². The van der Waals surface area contributed by atoms with Gasteiger partial charge in [0.15, 0.2) is 34.5 Å². The van der Waals surface area contributed by atoms with Crippen LogP contribution in [0.4, 0.5) is 0 Å². The lowest BCUT2D eigenvalue weighted by molar-refractivity contribution is -0.143. The molecule has 12 heteroatoms. The second-order valence-electron chi connectivity index (χ2n) is 12.4. The molecule has 0 saturated carbocycles. The number of likely N-dealkylation sites (N-methyl/N-ethyl adjacent to an activating group) is 1. The van der Waals surface area contributed by atoms with Gasteiger partial charge >= 0.3 is 5.97 Å². The molecule has 6 rings (SSSR count). The highest BCUT2D eigenvalue weighted by Crippen LogP contribution is 2.52. The Morgan fingerprint density at radius 2 is 1.26 bits per heavy atom. The Balaban J connectivity index is 1.38. The minimum Gasteiger partial charge on any atom is -0.493 e. The van der Waals surface area contributed by atoms with Crippen LogP contribution in [-0.4, -0.2) is 97.3 Å². The van der Waals surface area contributed by atoms with Gasteiger partial charge in [-0.1, -0.05) is 0 Å². The van der Waals surface area contributed by atoms with Crippen LogP contribution in [0.15, 0.2) is 42.5 Å². The fraction of sp³-hybridized carbons (Fsp3) is 0.421. The molecule has 3 aliphatic heterocycles. The highest BCUT2D eigenvalue weighted by molar-refractivity contribution is 5.87. The number of nitriles is 1. The Morgan fingerprint density at radius 1 is 0.740 bits per heavy atom. The van der Waals surface area contributed by atoms with Gasteiger partial charge in [-0.05, 0) is 90.2 Å². The van der Waals surface area contributed by atoms with Gasteiger partial charge in [0.05, 0.1) is 67.9 Å². The molecule has 0 amide bonds. The van der Waals surface area contributed by atoms with E-state index in [0.29, 0.717) is 58.7 Å². The first-order valence-electron chi connectivity index (χ1n) is 16.3. The Hall–Kier alpha value is -5.12. The molecule has 264 valence electrons. The number of rotatable bonds is 11. The third-order valence-electron chi connectivity index (χ3n) is 10.2. The first-order valence-corrected chi connectivity index (χ1v) is 16.3. The molecule has 5 atom stereocenters. The van der Waals surface area contributed by atoms with Gasteiger partial charge in [0.25, 0.3) is 0 Å². The average Bonchev–Trinajstić information content (AvgIpc) is 3.14. The van der Waals surface area contributed by atoms with Crippen molar-refractivity contribution in [1.82, 2.24) is 9.80 Å². The van der Waals surface area contributed by atoms with E-state index >= 15 is 0 Å². The van der Waals surface area contributed by atoms with E-state index in [1.54, 1.807) is 46.6 Å². The van der Waals surface area contributed by atoms with E-state index in [9.17, 15) is 10.1 Å². The molecule has 0 aliphatic carbocycles. The zero-order chi connectivity index (χ0) is 35.7. The summed E-state index contributed by atoms with van der Waals surface area (Å²) in [4.78, 5) is 17.9. The molecule has 2 bridgehead atoms. The molecule has 0 spiro atoms. The van der Waals surface area contributed by atoms with Gasteiger partial charge in [0, 0.05) is 18.2 Å². The third-order valence-corrected chi connectivity index (χ3v) is 10.2. The van der Waals surface area contributed by atoms with E-state index < -0.39 is 18.1 Å². The van der Waals surface area contributed by atoms with Crippen LogP contribution >= 0.6 is 0 Å². The predicted molar refractivity (Wildman–Crippen MR) is 185 cm³/mol. The highest BCUT2D eigenvalue weighted by atomic mass is 16.5. The summed E-state index contributed by atoms with van der Waals surface area (Å²) in [5.41, 5.74) is 4.89. The third kappa shape index (κ3) is 5.90. The lowest BCUT2D eigenvalue weighted by Gasteiger charge is -2.59. The number of piperazine rings is 1. The van der Waals surface area contributed by atoms with Gasteiger partial charge in [-0.2, -0.15) is 5.26 Å².